The van der Waals surface area contributed by atoms with Crippen LogP contribution < -0.4 is 10.3 Å². The largest absolute Gasteiger partial charge is 0.438 e. The third kappa shape index (κ3) is 4.82. The molecule has 0 spiro atoms. The van der Waals surface area contributed by atoms with Crippen molar-refractivity contribution < 1.29 is 9.53 Å². The molecule has 6 nitrogen and oxygen atoms in total. The lowest BCUT2D eigenvalue weighted by Crippen LogP contribution is -2.30. The van der Waals surface area contributed by atoms with Crippen molar-refractivity contribution in [1.82, 2.24) is 14.3 Å². The molecule has 180 valence electrons. The van der Waals surface area contributed by atoms with E-state index < -0.39 is 0 Å². The molecule has 0 aliphatic carbocycles. The van der Waals surface area contributed by atoms with Gasteiger partial charge in [0.25, 0.3) is 11.5 Å². The number of amides is 1. The van der Waals surface area contributed by atoms with Crippen molar-refractivity contribution in [2.45, 2.75) is 20.3 Å². The second-order valence-electron chi connectivity index (χ2n) is 8.50. The normalized spacial score (nSPS) is 14.7. The van der Waals surface area contributed by atoms with Crippen LogP contribution in [0.2, 0.25) is 0 Å². The highest BCUT2D eigenvalue weighted by Gasteiger charge is 2.32. The number of hydrogen-bond acceptors (Lipinski definition) is 6. The van der Waals surface area contributed by atoms with Crippen LogP contribution in [0, 0.1) is 13.8 Å². The van der Waals surface area contributed by atoms with Gasteiger partial charge >= 0.3 is 0 Å². The minimum Gasteiger partial charge on any atom is -0.438 e. The van der Waals surface area contributed by atoms with E-state index >= 15 is 0 Å². The number of ether oxygens (including phenoxy) is 1. The van der Waals surface area contributed by atoms with Gasteiger partial charge in [-0.1, -0.05) is 78.1 Å². The van der Waals surface area contributed by atoms with Gasteiger partial charge in [-0.25, -0.2) is 0 Å². The van der Waals surface area contributed by atoms with Crippen LogP contribution in [0.1, 0.15) is 22.3 Å². The summed E-state index contributed by atoms with van der Waals surface area (Å²) in [5, 5.41) is 0. The first-order chi connectivity index (χ1) is 17.4. The summed E-state index contributed by atoms with van der Waals surface area (Å²) in [6.07, 6.45) is 3.88. The fourth-order valence-electron chi connectivity index (χ4n) is 4.01. The second-order valence-corrected chi connectivity index (χ2v) is 10.2. The van der Waals surface area contributed by atoms with Gasteiger partial charge in [-0.15, -0.1) is 0 Å². The quantitative estimate of drug-likeness (QED) is 0.249. The molecule has 0 atom stereocenters. The molecule has 2 aromatic carbocycles. The van der Waals surface area contributed by atoms with E-state index in [-0.39, 0.29) is 22.9 Å². The van der Waals surface area contributed by atoms with Crippen LogP contribution >= 0.6 is 24.0 Å². The average Bonchev–Trinajstić information content (AvgIpc) is 3.14. The fraction of sp³-hybridized carbons (Fsp3) is 0.143. The highest BCUT2D eigenvalue weighted by molar-refractivity contribution is 8.26. The first kappa shape index (κ1) is 24.0. The van der Waals surface area contributed by atoms with Crippen LogP contribution in [0.5, 0.6) is 11.6 Å². The summed E-state index contributed by atoms with van der Waals surface area (Å²) in [5.41, 5.74) is 3.47. The first-order valence-corrected chi connectivity index (χ1v) is 12.7. The van der Waals surface area contributed by atoms with Crippen LogP contribution in [0.4, 0.5) is 0 Å². The third-order valence-electron chi connectivity index (χ3n) is 5.89. The number of thiocarbonyl (C=S) groups is 1. The number of thioether (sulfide) groups is 1. The molecular formula is C28H23N3O3S2. The maximum absolute atomic E-state index is 13.5. The number of carbonyl (C=O) groups excluding carboxylic acids is 1. The van der Waals surface area contributed by atoms with Crippen LogP contribution in [0.25, 0.3) is 11.7 Å². The molecule has 1 amide bonds. The summed E-state index contributed by atoms with van der Waals surface area (Å²) in [6, 6.07) is 21.0. The Labute approximate surface area is 218 Å². The van der Waals surface area contributed by atoms with Gasteiger partial charge in [0.1, 0.15) is 21.3 Å². The molecule has 2 aromatic heterocycles. The topological polar surface area (TPSA) is 63.9 Å². The molecule has 0 bridgehead atoms. The van der Waals surface area contributed by atoms with Crippen LogP contribution in [0.3, 0.4) is 0 Å². The molecule has 1 aliphatic heterocycles. The van der Waals surface area contributed by atoms with Crippen molar-refractivity contribution >= 4 is 45.9 Å². The van der Waals surface area contributed by atoms with Gasteiger partial charge in [-0.2, -0.15) is 4.98 Å². The van der Waals surface area contributed by atoms with Crippen LogP contribution in [-0.2, 0) is 11.2 Å². The number of nitrogens with zero attached hydrogens (tertiary/aromatic N) is 3. The highest BCUT2D eigenvalue weighted by atomic mass is 32.2. The summed E-state index contributed by atoms with van der Waals surface area (Å²) in [4.78, 5) is 33.3. The van der Waals surface area contributed by atoms with E-state index in [1.807, 2.05) is 62.4 Å². The van der Waals surface area contributed by atoms with Gasteiger partial charge in [0.05, 0.1) is 4.91 Å². The Hall–Kier alpha value is -3.75. The zero-order chi connectivity index (χ0) is 25.2. The van der Waals surface area contributed by atoms with Crippen molar-refractivity contribution in [2.75, 3.05) is 6.54 Å². The van der Waals surface area contributed by atoms with E-state index in [0.717, 1.165) is 16.7 Å². The monoisotopic (exact) mass is 513 g/mol. The summed E-state index contributed by atoms with van der Waals surface area (Å²) in [5.74, 6) is 0.515. The van der Waals surface area contributed by atoms with Crippen molar-refractivity contribution in [3.63, 3.8) is 0 Å². The molecule has 4 aromatic rings. The molecule has 0 radical (unpaired) electrons. The molecule has 8 heteroatoms. The van der Waals surface area contributed by atoms with E-state index in [9.17, 15) is 9.59 Å². The zero-order valence-electron chi connectivity index (χ0n) is 19.8. The minimum atomic E-state index is -0.324. The Morgan fingerprint density at radius 2 is 1.81 bits per heavy atom. The molecule has 0 saturated carbocycles. The number of hydrogen-bond donors (Lipinski definition) is 0. The number of carbonyl (C=O) groups is 1. The summed E-state index contributed by atoms with van der Waals surface area (Å²) in [6.45, 7) is 4.41. The van der Waals surface area contributed by atoms with E-state index in [1.54, 1.807) is 35.4 Å². The molecular weight excluding hydrogens is 490 g/mol. The molecule has 5 rings (SSSR count). The lowest BCUT2D eigenvalue weighted by molar-refractivity contribution is -0.122. The summed E-state index contributed by atoms with van der Waals surface area (Å²) < 4.78 is 8.06. The smallest absolute Gasteiger partial charge is 0.269 e. The molecule has 3 heterocycles. The Kier molecular flexibility index (Phi) is 6.71. The van der Waals surface area contributed by atoms with Gasteiger partial charge in [-0.3, -0.25) is 18.9 Å². The van der Waals surface area contributed by atoms with Crippen molar-refractivity contribution in [2.24, 2.45) is 0 Å². The van der Waals surface area contributed by atoms with Gasteiger partial charge in [0.2, 0.25) is 5.88 Å². The van der Waals surface area contributed by atoms with Crippen LogP contribution in [0.15, 0.2) is 82.6 Å². The molecule has 36 heavy (non-hydrogen) atoms. The number of pyridine rings is 1. The number of benzene rings is 2. The zero-order valence-corrected chi connectivity index (χ0v) is 21.4. The highest BCUT2D eigenvalue weighted by Crippen LogP contribution is 2.34. The van der Waals surface area contributed by atoms with Gasteiger partial charge in [0.15, 0.2) is 0 Å². The molecule has 0 N–H and O–H groups in total. The Morgan fingerprint density at radius 1 is 1.03 bits per heavy atom. The lowest BCUT2D eigenvalue weighted by Gasteiger charge is -2.14. The van der Waals surface area contributed by atoms with Crippen LogP contribution in [-0.4, -0.2) is 31.1 Å². The van der Waals surface area contributed by atoms with Gasteiger partial charge in [0, 0.05) is 12.7 Å². The van der Waals surface area contributed by atoms with E-state index in [2.05, 4.69) is 4.98 Å². The Morgan fingerprint density at radius 3 is 2.58 bits per heavy atom. The fourth-order valence-corrected chi connectivity index (χ4v) is 5.30. The molecule has 1 saturated heterocycles. The number of aromatic nitrogens is 2. The molecule has 1 fully saturated rings. The third-order valence-corrected chi connectivity index (χ3v) is 7.26. The van der Waals surface area contributed by atoms with Gasteiger partial charge < -0.3 is 4.74 Å². The summed E-state index contributed by atoms with van der Waals surface area (Å²) in [7, 11) is 0. The second kappa shape index (κ2) is 10.1. The van der Waals surface area contributed by atoms with E-state index in [0.29, 0.717) is 33.6 Å². The number of rotatable bonds is 6. The van der Waals surface area contributed by atoms with Gasteiger partial charge in [-0.05, 0) is 55.7 Å². The Bertz CT molecular complexity index is 1580. The van der Waals surface area contributed by atoms with E-state index in [4.69, 9.17) is 17.0 Å². The number of fused-ring (bicyclic) bond motifs is 1. The Balaban J connectivity index is 1.52. The number of aryl methyl sites for hydroxylation is 2. The van der Waals surface area contributed by atoms with Crippen molar-refractivity contribution in [3.05, 3.63) is 110 Å². The standard InChI is InChI=1S/C28H23N3O3S2/c1-18-11-12-22(19(2)16-18)34-25-21(26(32)30-14-7-6-10-24(30)29-25)17-23-27(33)31(28(35)36-23)15-13-20-8-4-3-5-9-20/h3-12,14,16-17H,13,15H2,1-2H3/b23-17+. The maximum Gasteiger partial charge on any atom is 0.269 e. The molecule has 1 aliphatic rings. The minimum absolute atomic E-state index is 0.146. The van der Waals surface area contributed by atoms with Crippen molar-refractivity contribution in [1.29, 1.82) is 0 Å². The SMILES string of the molecule is Cc1ccc(Oc2nc3ccccn3c(=O)c2/C=C2/SC(=S)N(CCc3ccccc3)C2=O)c(C)c1. The predicted molar refractivity (Wildman–Crippen MR) is 147 cm³/mol. The first-order valence-electron chi connectivity index (χ1n) is 11.5. The average molecular weight is 514 g/mol. The lowest BCUT2D eigenvalue weighted by atomic mass is 10.1. The van der Waals surface area contributed by atoms with E-state index in [1.165, 1.54) is 16.2 Å². The predicted octanol–water partition coefficient (Wildman–Crippen LogP) is 5.55. The van der Waals surface area contributed by atoms with Crippen molar-refractivity contribution in [3.8, 4) is 11.6 Å². The summed E-state index contributed by atoms with van der Waals surface area (Å²) >= 11 is 6.68. The maximum atomic E-state index is 13.5. The molecule has 0 unspecified atom stereocenters.